The zero-order valence-electron chi connectivity index (χ0n) is 7.14. The maximum atomic E-state index is 5.59. The Labute approximate surface area is 83.1 Å². The molecule has 2 heterocycles. The smallest absolute Gasteiger partial charge is 0.156 e. The van der Waals surface area contributed by atoms with Gasteiger partial charge >= 0.3 is 0 Å². The van der Waals surface area contributed by atoms with Crippen molar-refractivity contribution in [2.24, 2.45) is 0 Å². The van der Waals surface area contributed by atoms with E-state index in [2.05, 4.69) is 15.3 Å². The summed E-state index contributed by atoms with van der Waals surface area (Å²) in [6.07, 6.45) is 6.22. The Morgan fingerprint density at radius 1 is 1.38 bits per heavy atom. The van der Waals surface area contributed by atoms with Gasteiger partial charge in [-0.2, -0.15) is 0 Å². The Bertz CT molecular complexity index is 238. The number of nitrogens with one attached hydrogen (secondary N) is 1. The van der Waals surface area contributed by atoms with Crippen LogP contribution in [0.3, 0.4) is 0 Å². The van der Waals surface area contributed by atoms with E-state index in [0.717, 1.165) is 25.3 Å². The number of halogens is 1. The molecule has 1 N–H and O–H groups in total. The summed E-state index contributed by atoms with van der Waals surface area (Å²) in [7, 11) is 0. The van der Waals surface area contributed by atoms with Crippen LogP contribution in [0, 0.1) is 0 Å². The van der Waals surface area contributed by atoms with E-state index in [1.807, 2.05) is 0 Å². The highest BCUT2D eigenvalue weighted by molar-refractivity contribution is 5.85. The number of aromatic nitrogens is 2. The van der Waals surface area contributed by atoms with Gasteiger partial charge in [-0.3, -0.25) is 0 Å². The highest BCUT2D eigenvalue weighted by atomic mass is 35.5. The summed E-state index contributed by atoms with van der Waals surface area (Å²) in [5.74, 6) is 0.756. The summed E-state index contributed by atoms with van der Waals surface area (Å²) in [5.41, 5.74) is 0. The van der Waals surface area contributed by atoms with Gasteiger partial charge in [-0.15, -0.1) is 12.4 Å². The van der Waals surface area contributed by atoms with Gasteiger partial charge in [-0.25, -0.2) is 9.97 Å². The SMILES string of the molecule is Cl.c1ncc(OC2CCNC2)cn1. The van der Waals surface area contributed by atoms with Crippen molar-refractivity contribution in [1.82, 2.24) is 15.3 Å². The van der Waals surface area contributed by atoms with Crippen molar-refractivity contribution < 1.29 is 4.74 Å². The van der Waals surface area contributed by atoms with Crippen LogP contribution in [0.4, 0.5) is 0 Å². The number of nitrogens with zero attached hydrogens (tertiary/aromatic N) is 2. The van der Waals surface area contributed by atoms with Gasteiger partial charge in [0.1, 0.15) is 12.4 Å². The predicted octanol–water partition coefficient (Wildman–Crippen LogP) is 0.639. The maximum absolute atomic E-state index is 5.59. The monoisotopic (exact) mass is 201 g/mol. The lowest BCUT2D eigenvalue weighted by Gasteiger charge is -2.10. The quantitative estimate of drug-likeness (QED) is 0.763. The molecule has 0 aromatic carbocycles. The van der Waals surface area contributed by atoms with E-state index in [1.165, 1.54) is 6.33 Å². The first kappa shape index (κ1) is 10.2. The summed E-state index contributed by atoms with van der Waals surface area (Å²) in [4.78, 5) is 7.74. The van der Waals surface area contributed by atoms with Crippen LogP contribution in [-0.4, -0.2) is 29.2 Å². The third kappa shape index (κ3) is 2.82. The Kier molecular flexibility index (Phi) is 3.92. The zero-order chi connectivity index (χ0) is 8.23. The van der Waals surface area contributed by atoms with E-state index in [1.54, 1.807) is 12.4 Å². The molecule has 1 aliphatic rings. The van der Waals surface area contributed by atoms with E-state index in [4.69, 9.17) is 4.74 Å². The topological polar surface area (TPSA) is 47.0 Å². The molecule has 1 aliphatic heterocycles. The van der Waals surface area contributed by atoms with Gasteiger partial charge in [0.2, 0.25) is 0 Å². The molecule has 1 aromatic rings. The van der Waals surface area contributed by atoms with Crippen LogP contribution in [0.5, 0.6) is 5.75 Å². The number of hydrogen-bond donors (Lipinski definition) is 1. The lowest BCUT2D eigenvalue weighted by Crippen LogP contribution is -2.19. The number of rotatable bonds is 2. The van der Waals surface area contributed by atoms with Crippen LogP contribution in [0.1, 0.15) is 6.42 Å². The van der Waals surface area contributed by atoms with Crippen molar-refractivity contribution in [1.29, 1.82) is 0 Å². The first-order valence-corrected chi connectivity index (χ1v) is 4.07. The third-order valence-corrected chi connectivity index (χ3v) is 1.85. The molecule has 72 valence electrons. The molecular weight excluding hydrogens is 190 g/mol. The lowest BCUT2D eigenvalue weighted by atomic mass is 10.3. The summed E-state index contributed by atoms with van der Waals surface area (Å²) in [6.45, 7) is 1.97. The van der Waals surface area contributed by atoms with Crippen molar-refractivity contribution in [3.63, 3.8) is 0 Å². The molecule has 2 rings (SSSR count). The molecular formula is C8H12ClN3O. The molecule has 1 aromatic heterocycles. The van der Waals surface area contributed by atoms with Gasteiger partial charge < -0.3 is 10.1 Å². The first-order valence-electron chi connectivity index (χ1n) is 4.07. The molecule has 1 saturated heterocycles. The molecule has 0 bridgehead atoms. The molecule has 1 atom stereocenters. The van der Waals surface area contributed by atoms with Gasteiger partial charge in [-0.05, 0) is 13.0 Å². The predicted molar refractivity (Wildman–Crippen MR) is 51.2 cm³/mol. The number of hydrogen-bond acceptors (Lipinski definition) is 4. The Hall–Kier alpha value is -0.870. The highest BCUT2D eigenvalue weighted by Crippen LogP contribution is 2.10. The van der Waals surface area contributed by atoms with Crippen molar-refractivity contribution >= 4 is 12.4 Å². The highest BCUT2D eigenvalue weighted by Gasteiger charge is 2.15. The van der Waals surface area contributed by atoms with Crippen LogP contribution in [0.25, 0.3) is 0 Å². The average Bonchev–Trinajstić information content (AvgIpc) is 2.59. The summed E-state index contributed by atoms with van der Waals surface area (Å²) in [6, 6.07) is 0. The minimum atomic E-state index is 0. The molecule has 0 spiro atoms. The molecule has 0 aliphatic carbocycles. The fraction of sp³-hybridized carbons (Fsp3) is 0.500. The standard InChI is InChI=1S/C8H11N3O.ClH/c1-2-9-3-7(1)12-8-4-10-6-11-5-8;/h4-7,9H,1-3H2;1H. The molecule has 0 saturated carbocycles. The zero-order valence-corrected chi connectivity index (χ0v) is 7.96. The minimum Gasteiger partial charge on any atom is -0.486 e. The summed E-state index contributed by atoms with van der Waals surface area (Å²) < 4.78 is 5.59. The van der Waals surface area contributed by atoms with Gasteiger partial charge in [0.25, 0.3) is 0 Å². The Morgan fingerprint density at radius 3 is 2.77 bits per heavy atom. The molecule has 1 fully saturated rings. The first-order chi connectivity index (χ1) is 5.95. The van der Waals surface area contributed by atoms with Gasteiger partial charge in [0.15, 0.2) is 5.75 Å². The van der Waals surface area contributed by atoms with E-state index in [9.17, 15) is 0 Å². The van der Waals surface area contributed by atoms with Crippen molar-refractivity contribution in [2.45, 2.75) is 12.5 Å². The normalized spacial score (nSPS) is 20.8. The Morgan fingerprint density at radius 2 is 2.15 bits per heavy atom. The second-order valence-corrected chi connectivity index (χ2v) is 2.81. The summed E-state index contributed by atoms with van der Waals surface area (Å²) in [5, 5.41) is 3.23. The van der Waals surface area contributed by atoms with Crippen molar-refractivity contribution in [3.05, 3.63) is 18.7 Å². The van der Waals surface area contributed by atoms with Gasteiger partial charge in [0, 0.05) is 6.54 Å². The van der Waals surface area contributed by atoms with Gasteiger partial charge in [0.05, 0.1) is 12.4 Å². The van der Waals surface area contributed by atoms with Crippen LogP contribution < -0.4 is 10.1 Å². The van der Waals surface area contributed by atoms with Crippen LogP contribution in [-0.2, 0) is 0 Å². The van der Waals surface area contributed by atoms with Crippen molar-refractivity contribution in [2.75, 3.05) is 13.1 Å². The minimum absolute atomic E-state index is 0. The van der Waals surface area contributed by atoms with E-state index in [0.29, 0.717) is 0 Å². The second kappa shape index (κ2) is 4.99. The Balaban J connectivity index is 0.000000845. The molecule has 13 heavy (non-hydrogen) atoms. The van der Waals surface area contributed by atoms with Crippen LogP contribution in [0.15, 0.2) is 18.7 Å². The second-order valence-electron chi connectivity index (χ2n) is 2.81. The van der Waals surface area contributed by atoms with E-state index < -0.39 is 0 Å². The fourth-order valence-corrected chi connectivity index (χ4v) is 1.27. The van der Waals surface area contributed by atoms with Gasteiger partial charge in [-0.1, -0.05) is 0 Å². The maximum Gasteiger partial charge on any atom is 0.156 e. The number of ether oxygens (including phenoxy) is 1. The third-order valence-electron chi connectivity index (χ3n) is 1.85. The van der Waals surface area contributed by atoms with Crippen molar-refractivity contribution in [3.8, 4) is 5.75 Å². The largest absolute Gasteiger partial charge is 0.486 e. The molecule has 1 unspecified atom stereocenters. The van der Waals surface area contributed by atoms with Crippen LogP contribution in [0.2, 0.25) is 0 Å². The van der Waals surface area contributed by atoms with E-state index in [-0.39, 0.29) is 18.5 Å². The van der Waals surface area contributed by atoms with E-state index >= 15 is 0 Å². The average molecular weight is 202 g/mol. The summed E-state index contributed by atoms with van der Waals surface area (Å²) >= 11 is 0. The molecule has 5 heteroatoms. The molecule has 0 amide bonds. The molecule has 0 radical (unpaired) electrons. The lowest BCUT2D eigenvalue weighted by molar-refractivity contribution is 0.221. The fourth-order valence-electron chi connectivity index (χ4n) is 1.27. The molecule has 4 nitrogen and oxygen atoms in total. The van der Waals surface area contributed by atoms with Crippen LogP contribution >= 0.6 is 12.4 Å².